The Morgan fingerprint density at radius 3 is 2.41 bits per heavy atom. The SMILES string of the molecule is Nc1cc(N2CCN(C(=O)N[C@H]3CCCCN(C(=O)NC4CCCC4)C3=O)CC2)c2ccc(Cl)cc2n1. The highest BCUT2D eigenvalue weighted by atomic mass is 35.5. The van der Waals surface area contributed by atoms with Gasteiger partial charge in [-0.3, -0.25) is 9.69 Å². The molecule has 1 aromatic carbocycles. The predicted molar refractivity (Wildman–Crippen MR) is 144 cm³/mol. The largest absolute Gasteiger partial charge is 0.384 e. The fourth-order valence-corrected chi connectivity index (χ4v) is 5.72. The minimum absolute atomic E-state index is 0.137. The number of fused-ring (bicyclic) bond motifs is 1. The Bertz CT molecular complexity index is 1170. The van der Waals surface area contributed by atoms with Crippen molar-refractivity contribution in [2.45, 2.75) is 57.0 Å². The number of urea groups is 2. The number of piperazine rings is 1. The first kappa shape index (κ1) is 25.4. The third-order valence-corrected chi connectivity index (χ3v) is 7.83. The molecule has 2 aliphatic heterocycles. The van der Waals surface area contributed by atoms with Crippen LogP contribution in [-0.4, -0.2) is 77.6 Å². The number of nitrogen functional groups attached to an aromatic ring is 1. The van der Waals surface area contributed by atoms with Crippen LogP contribution in [0.25, 0.3) is 10.9 Å². The smallest absolute Gasteiger partial charge is 0.324 e. The third-order valence-electron chi connectivity index (χ3n) is 7.59. The highest BCUT2D eigenvalue weighted by Crippen LogP contribution is 2.30. The number of pyridine rings is 1. The highest BCUT2D eigenvalue weighted by Gasteiger charge is 2.34. The van der Waals surface area contributed by atoms with Crippen LogP contribution in [0.5, 0.6) is 0 Å². The van der Waals surface area contributed by atoms with Gasteiger partial charge in [0.05, 0.1) is 5.52 Å². The number of nitrogens with two attached hydrogens (primary N) is 1. The van der Waals surface area contributed by atoms with E-state index in [4.69, 9.17) is 17.3 Å². The van der Waals surface area contributed by atoms with E-state index in [0.717, 1.165) is 55.1 Å². The maximum atomic E-state index is 13.2. The molecule has 5 amide bonds. The molecule has 3 aliphatic rings. The van der Waals surface area contributed by atoms with Crippen molar-refractivity contribution >= 4 is 52.0 Å². The number of hydrogen-bond donors (Lipinski definition) is 3. The zero-order valence-electron chi connectivity index (χ0n) is 20.9. The summed E-state index contributed by atoms with van der Waals surface area (Å²) in [6, 6.07) is 6.23. The summed E-state index contributed by atoms with van der Waals surface area (Å²) in [6.07, 6.45) is 6.16. The van der Waals surface area contributed by atoms with Gasteiger partial charge in [0.25, 0.3) is 5.91 Å². The number of carbonyl (C=O) groups is 3. The lowest BCUT2D eigenvalue weighted by Crippen LogP contribution is -2.57. The molecule has 4 N–H and O–H groups in total. The number of halogens is 1. The van der Waals surface area contributed by atoms with E-state index in [2.05, 4.69) is 20.5 Å². The van der Waals surface area contributed by atoms with Crippen molar-refractivity contribution in [3.05, 3.63) is 29.3 Å². The first-order chi connectivity index (χ1) is 17.9. The topological polar surface area (TPSA) is 124 Å². The zero-order valence-corrected chi connectivity index (χ0v) is 21.7. The molecule has 0 bridgehead atoms. The van der Waals surface area contributed by atoms with Gasteiger partial charge in [0.15, 0.2) is 0 Å². The number of carbonyl (C=O) groups excluding carboxylic acids is 3. The molecule has 2 saturated heterocycles. The molecule has 3 heterocycles. The molecule has 2 aromatic rings. The van der Waals surface area contributed by atoms with E-state index < -0.39 is 6.04 Å². The summed E-state index contributed by atoms with van der Waals surface area (Å²) in [5, 5.41) is 7.46. The van der Waals surface area contributed by atoms with Crippen molar-refractivity contribution in [3.63, 3.8) is 0 Å². The van der Waals surface area contributed by atoms with Crippen LogP contribution in [0, 0.1) is 0 Å². The van der Waals surface area contributed by atoms with E-state index >= 15 is 0 Å². The summed E-state index contributed by atoms with van der Waals surface area (Å²) in [4.78, 5) is 48.7. The monoisotopic (exact) mass is 527 g/mol. The fourth-order valence-electron chi connectivity index (χ4n) is 5.55. The molecule has 198 valence electrons. The van der Waals surface area contributed by atoms with Crippen molar-refractivity contribution in [2.24, 2.45) is 0 Å². The van der Waals surface area contributed by atoms with Crippen molar-refractivity contribution in [3.8, 4) is 0 Å². The Labute approximate surface area is 221 Å². The molecule has 1 saturated carbocycles. The number of likely N-dealkylation sites (tertiary alicyclic amines) is 1. The van der Waals surface area contributed by atoms with Gasteiger partial charge in [0, 0.05) is 60.9 Å². The second-order valence-corrected chi connectivity index (χ2v) is 10.6. The minimum atomic E-state index is -0.698. The summed E-state index contributed by atoms with van der Waals surface area (Å²) < 4.78 is 0. The van der Waals surface area contributed by atoms with E-state index in [1.165, 1.54) is 4.90 Å². The second kappa shape index (κ2) is 11.0. The Balaban J connectivity index is 1.20. The number of nitrogens with zero attached hydrogens (tertiary/aromatic N) is 4. The van der Waals surface area contributed by atoms with Gasteiger partial charge < -0.3 is 26.2 Å². The standard InChI is InChI=1S/C26H34ClN7O3/c27-17-8-9-19-21(15-17)30-23(28)16-22(19)32-11-13-33(14-12-32)25(36)31-20-7-3-4-10-34(24(20)35)26(37)29-18-5-1-2-6-18/h8-9,15-16,18,20H,1-7,10-14H2,(H2,28,30)(H,29,37)(H,31,36)/t20-/m0/s1. The van der Waals surface area contributed by atoms with E-state index in [1.807, 2.05) is 18.2 Å². The molecule has 37 heavy (non-hydrogen) atoms. The quantitative estimate of drug-likeness (QED) is 0.562. The van der Waals surface area contributed by atoms with Crippen molar-refractivity contribution in [2.75, 3.05) is 43.4 Å². The normalized spacial score (nSPS) is 21.3. The number of hydrogen-bond acceptors (Lipinski definition) is 6. The first-order valence-electron chi connectivity index (χ1n) is 13.2. The van der Waals surface area contributed by atoms with Crippen LogP contribution in [0.4, 0.5) is 21.1 Å². The van der Waals surface area contributed by atoms with E-state index in [-0.39, 0.29) is 24.0 Å². The van der Waals surface area contributed by atoms with Crippen LogP contribution in [0.3, 0.4) is 0 Å². The van der Waals surface area contributed by atoms with Crippen LogP contribution in [-0.2, 0) is 4.79 Å². The van der Waals surface area contributed by atoms with Gasteiger partial charge in [0.1, 0.15) is 11.9 Å². The van der Waals surface area contributed by atoms with Gasteiger partial charge >= 0.3 is 12.1 Å². The van der Waals surface area contributed by atoms with Gasteiger partial charge in [-0.25, -0.2) is 14.6 Å². The molecule has 5 rings (SSSR count). The van der Waals surface area contributed by atoms with Crippen molar-refractivity contribution < 1.29 is 14.4 Å². The lowest BCUT2D eigenvalue weighted by atomic mass is 10.1. The third kappa shape index (κ3) is 5.69. The van der Waals surface area contributed by atoms with Gasteiger partial charge in [-0.05, 0) is 50.3 Å². The molecule has 0 spiro atoms. The van der Waals surface area contributed by atoms with E-state index in [1.54, 1.807) is 11.0 Å². The van der Waals surface area contributed by atoms with Crippen LogP contribution in [0.15, 0.2) is 24.3 Å². The maximum absolute atomic E-state index is 13.2. The van der Waals surface area contributed by atoms with Gasteiger partial charge in [-0.2, -0.15) is 0 Å². The Morgan fingerprint density at radius 1 is 0.919 bits per heavy atom. The first-order valence-corrected chi connectivity index (χ1v) is 13.5. The summed E-state index contributed by atoms with van der Waals surface area (Å²) in [5.41, 5.74) is 7.74. The zero-order chi connectivity index (χ0) is 25.9. The second-order valence-electron chi connectivity index (χ2n) is 10.1. The summed E-state index contributed by atoms with van der Waals surface area (Å²) in [7, 11) is 0. The summed E-state index contributed by atoms with van der Waals surface area (Å²) >= 11 is 6.13. The Morgan fingerprint density at radius 2 is 1.65 bits per heavy atom. The van der Waals surface area contributed by atoms with Crippen LogP contribution >= 0.6 is 11.6 Å². The Hall–Kier alpha value is -3.27. The molecule has 3 fully saturated rings. The van der Waals surface area contributed by atoms with Crippen molar-refractivity contribution in [1.29, 1.82) is 0 Å². The Kier molecular flexibility index (Phi) is 7.55. The maximum Gasteiger partial charge on any atom is 0.324 e. The van der Waals surface area contributed by atoms with E-state index in [0.29, 0.717) is 50.0 Å². The molecular formula is C26H34ClN7O3. The van der Waals surface area contributed by atoms with Crippen LogP contribution in [0.2, 0.25) is 5.02 Å². The van der Waals surface area contributed by atoms with Gasteiger partial charge in [-0.1, -0.05) is 24.4 Å². The van der Waals surface area contributed by atoms with E-state index in [9.17, 15) is 14.4 Å². The van der Waals surface area contributed by atoms with Gasteiger partial charge in [0.2, 0.25) is 0 Å². The van der Waals surface area contributed by atoms with Gasteiger partial charge in [-0.15, -0.1) is 0 Å². The number of aromatic nitrogens is 1. The molecular weight excluding hydrogens is 494 g/mol. The lowest BCUT2D eigenvalue weighted by molar-refractivity contribution is -0.129. The number of rotatable bonds is 3. The molecule has 1 aliphatic carbocycles. The summed E-state index contributed by atoms with van der Waals surface area (Å²) in [5.74, 6) is 0.0933. The average molecular weight is 528 g/mol. The minimum Gasteiger partial charge on any atom is -0.384 e. The number of nitrogens with one attached hydrogen (secondary N) is 2. The highest BCUT2D eigenvalue weighted by molar-refractivity contribution is 6.31. The van der Waals surface area contributed by atoms with Crippen molar-refractivity contribution in [1.82, 2.24) is 25.4 Å². The molecule has 11 heteroatoms. The number of amides is 5. The van der Waals surface area contributed by atoms with Crippen LogP contribution in [0.1, 0.15) is 44.9 Å². The lowest BCUT2D eigenvalue weighted by Gasteiger charge is -2.37. The molecule has 1 aromatic heterocycles. The number of benzene rings is 1. The fraction of sp³-hybridized carbons (Fsp3) is 0.538. The predicted octanol–water partition coefficient (Wildman–Crippen LogP) is 3.34. The average Bonchev–Trinajstić information content (AvgIpc) is 3.32. The number of anilines is 2. The summed E-state index contributed by atoms with van der Waals surface area (Å²) in [6.45, 7) is 2.61. The number of imide groups is 1. The molecule has 10 nitrogen and oxygen atoms in total. The molecule has 0 radical (unpaired) electrons. The molecule has 0 unspecified atom stereocenters. The molecule has 1 atom stereocenters. The van der Waals surface area contributed by atoms with Crippen LogP contribution < -0.4 is 21.3 Å².